The van der Waals surface area contributed by atoms with Crippen LogP contribution in [0, 0.1) is 0 Å². The van der Waals surface area contributed by atoms with Gasteiger partial charge in [0.1, 0.15) is 10.6 Å². The van der Waals surface area contributed by atoms with Crippen LogP contribution >= 0.6 is 0 Å². The smallest absolute Gasteiger partial charge is 0.416 e. The molecule has 0 bridgehead atoms. The van der Waals surface area contributed by atoms with Gasteiger partial charge < -0.3 is 15.2 Å². The van der Waals surface area contributed by atoms with Crippen molar-refractivity contribution in [1.82, 2.24) is 0 Å². The van der Waals surface area contributed by atoms with Crippen LogP contribution in [0.2, 0.25) is 0 Å². The Labute approximate surface area is 166 Å². The summed E-state index contributed by atoms with van der Waals surface area (Å²) in [6.45, 7) is 2.36. The van der Waals surface area contributed by atoms with Crippen LogP contribution in [0.4, 0.5) is 18.9 Å². The standard InChI is InChI=1S/C19H20F3NO5S/c1-3-4-9-23-15-10-12(18(24)25)11-16(29(2,26)27)17(15)28-14-7-5-13(6-8-14)19(20,21)22/h5-8,10-11,23H,3-4,9H2,1-2H3,(H,24,25). The minimum absolute atomic E-state index is 0.0236. The second-order valence-corrected chi connectivity index (χ2v) is 8.32. The van der Waals surface area contributed by atoms with Crippen molar-refractivity contribution in [2.75, 3.05) is 18.1 Å². The summed E-state index contributed by atoms with van der Waals surface area (Å²) in [5.74, 6) is -1.52. The first-order valence-electron chi connectivity index (χ1n) is 8.64. The molecule has 0 aliphatic rings. The van der Waals surface area contributed by atoms with Crippen LogP contribution in [0.25, 0.3) is 0 Å². The summed E-state index contributed by atoms with van der Waals surface area (Å²) in [4.78, 5) is 11.0. The van der Waals surface area contributed by atoms with Gasteiger partial charge >= 0.3 is 12.1 Å². The molecular weight excluding hydrogens is 411 g/mol. The molecule has 0 spiro atoms. The highest BCUT2D eigenvalue weighted by atomic mass is 32.2. The van der Waals surface area contributed by atoms with Crippen molar-refractivity contribution in [3.8, 4) is 11.5 Å². The van der Waals surface area contributed by atoms with Crippen LogP contribution in [0.5, 0.6) is 11.5 Å². The number of halogens is 3. The lowest BCUT2D eigenvalue weighted by Crippen LogP contribution is -2.10. The predicted molar refractivity (Wildman–Crippen MR) is 101 cm³/mol. The Morgan fingerprint density at radius 2 is 1.79 bits per heavy atom. The van der Waals surface area contributed by atoms with Gasteiger partial charge in [-0.15, -0.1) is 0 Å². The molecule has 29 heavy (non-hydrogen) atoms. The number of hydrogen-bond donors (Lipinski definition) is 2. The molecule has 0 aliphatic carbocycles. The first-order valence-corrected chi connectivity index (χ1v) is 10.5. The molecule has 0 fully saturated rings. The Bertz CT molecular complexity index is 986. The Balaban J connectivity index is 2.55. The van der Waals surface area contributed by atoms with Crippen LogP contribution in [0.15, 0.2) is 41.3 Å². The van der Waals surface area contributed by atoms with E-state index < -0.39 is 27.5 Å². The molecule has 0 saturated heterocycles. The average Bonchev–Trinajstić information content (AvgIpc) is 2.61. The molecule has 10 heteroatoms. The molecule has 0 aliphatic heterocycles. The number of alkyl halides is 3. The molecule has 2 N–H and O–H groups in total. The van der Waals surface area contributed by atoms with E-state index in [0.29, 0.717) is 6.54 Å². The molecule has 158 valence electrons. The van der Waals surface area contributed by atoms with Gasteiger partial charge in [0.2, 0.25) is 0 Å². The summed E-state index contributed by atoms with van der Waals surface area (Å²) >= 11 is 0. The van der Waals surface area contributed by atoms with Crippen molar-refractivity contribution >= 4 is 21.5 Å². The number of benzene rings is 2. The Hall–Kier alpha value is -2.75. The Morgan fingerprint density at radius 3 is 2.28 bits per heavy atom. The topological polar surface area (TPSA) is 92.7 Å². The second-order valence-electron chi connectivity index (χ2n) is 6.33. The zero-order chi connectivity index (χ0) is 21.8. The summed E-state index contributed by atoms with van der Waals surface area (Å²) in [5.41, 5.74) is -1.02. The molecule has 6 nitrogen and oxygen atoms in total. The predicted octanol–water partition coefficient (Wildman–Crippen LogP) is 4.81. The first kappa shape index (κ1) is 22.5. The van der Waals surface area contributed by atoms with Gasteiger partial charge in [-0.25, -0.2) is 13.2 Å². The fraction of sp³-hybridized carbons (Fsp3) is 0.316. The Morgan fingerprint density at radius 1 is 1.17 bits per heavy atom. The summed E-state index contributed by atoms with van der Waals surface area (Å²) in [5, 5.41) is 12.2. The van der Waals surface area contributed by atoms with E-state index in [0.717, 1.165) is 49.4 Å². The number of carbonyl (C=O) groups is 1. The van der Waals surface area contributed by atoms with Crippen molar-refractivity contribution in [2.45, 2.75) is 30.8 Å². The van der Waals surface area contributed by atoms with Crippen molar-refractivity contribution in [2.24, 2.45) is 0 Å². The highest BCUT2D eigenvalue weighted by Gasteiger charge is 2.30. The van der Waals surface area contributed by atoms with Gasteiger partial charge in [0.25, 0.3) is 0 Å². The summed E-state index contributed by atoms with van der Waals surface area (Å²) in [6, 6.07) is 5.94. The largest absolute Gasteiger partial charge is 0.478 e. The fourth-order valence-electron chi connectivity index (χ4n) is 2.47. The lowest BCUT2D eigenvalue weighted by atomic mass is 10.1. The van der Waals surface area contributed by atoms with E-state index in [1.807, 2.05) is 6.92 Å². The number of hydrogen-bond acceptors (Lipinski definition) is 5. The lowest BCUT2D eigenvalue weighted by molar-refractivity contribution is -0.137. The number of anilines is 1. The number of carboxylic acids is 1. The minimum Gasteiger partial charge on any atom is -0.478 e. The maximum absolute atomic E-state index is 12.7. The zero-order valence-electron chi connectivity index (χ0n) is 15.7. The number of sulfone groups is 1. The SMILES string of the molecule is CCCCNc1cc(C(=O)O)cc(S(C)(=O)=O)c1Oc1ccc(C(F)(F)F)cc1. The van der Waals surface area contributed by atoms with Gasteiger partial charge in [0, 0.05) is 12.8 Å². The van der Waals surface area contributed by atoms with Crippen molar-refractivity contribution < 1.29 is 36.2 Å². The molecule has 0 saturated carbocycles. The number of rotatable bonds is 8. The highest BCUT2D eigenvalue weighted by molar-refractivity contribution is 7.90. The number of carboxylic acid groups (broad SMARTS) is 1. The van der Waals surface area contributed by atoms with Gasteiger partial charge in [-0.05, 0) is 42.8 Å². The van der Waals surface area contributed by atoms with E-state index in [2.05, 4.69) is 5.32 Å². The minimum atomic E-state index is -4.52. The monoisotopic (exact) mass is 431 g/mol. The van der Waals surface area contributed by atoms with E-state index in [1.54, 1.807) is 0 Å². The molecule has 0 heterocycles. The van der Waals surface area contributed by atoms with E-state index in [1.165, 1.54) is 6.07 Å². The molecule has 2 aromatic carbocycles. The third-order valence-electron chi connectivity index (χ3n) is 3.95. The van der Waals surface area contributed by atoms with E-state index in [-0.39, 0.29) is 27.6 Å². The van der Waals surface area contributed by atoms with Crippen molar-refractivity contribution in [1.29, 1.82) is 0 Å². The fourth-order valence-corrected chi connectivity index (χ4v) is 3.30. The van der Waals surface area contributed by atoms with Gasteiger partial charge in [-0.2, -0.15) is 13.2 Å². The summed E-state index contributed by atoms with van der Waals surface area (Å²) in [7, 11) is -3.90. The molecule has 2 aromatic rings. The van der Waals surface area contributed by atoms with Gasteiger partial charge in [-0.3, -0.25) is 0 Å². The molecule has 0 radical (unpaired) electrons. The van der Waals surface area contributed by atoms with Crippen LogP contribution in [0.1, 0.15) is 35.7 Å². The maximum atomic E-state index is 12.7. The zero-order valence-corrected chi connectivity index (χ0v) is 16.5. The van der Waals surface area contributed by atoms with Crippen LogP contribution in [-0.4, -0.2) is 32.3 Å². The van der Waals surface area contributed by atoms with Crippen molar-refractivity contribution in [3.63, 3.8) is 0 Å². The van der Waals surface area contributed by atoms with Crippen LogP contribution in [0.3, 0.4) is 0 Å². The highest BCUT2D eigenvalue weighted by Crippen LogP contribution is 2.38. The number of nitrogens with one attached hydrogen (secondary N) is 1. The first-order chi connectivity index (χ1) is 13.4. The quantitative estimate of drug-likeness (QED) is 0.583. The van der Waals surface area contributed by atoms with Gasteiger partial charge in [-0.1, -0.05) is 13.3 Å². The van der Waals surface area contributed by atoms with Crippen LogP contribution < -0.4 is 10.1 Å². The Kier molecular flexibility index (Phi) is 6.78. The van der Waals surface area contributed by atoms with Crippen molar-refractivity contribution in [3.05, 3.63) is 47.5 Å². The lowest BCUT2D eigenvalue weighted by Gasteiger charge is -2.17. The maximum Gasteiger partial charge on any atom is 0.416 e. The normalized spacial score (nSPS) is 11.9. The third-order valence-corrected chi connectivity index (χ3v) is 5.05. The van der Waals surface area contributed by atoms with E-state index >= 15 is 0 Å². The van der Waals surface area contributed by atoms with Crippen LogP contribution in [-0.2, 0) is 16.0 Å². The summed E-state index contributed by atoms with van der Waals surface area (Å²) in [6.07, 6.45) is -2.07. The number of ether oxygens (including phenoxy) is 1. The second kappa shape index (κ2) is 8.73. The van der Waals surface area contributed by atoms with E-state index in [9.17, 15) is 31.5 Å². The summed E-state index contributed by atoms with van der Waals surface area (Å²) < 4.78 is 68.3. The third kappa shape index (κ3) is 5.86. The molecule has 0 unspecified atom stereocenters. The molecule has 0 atom stereocenters. The number of aromatic carboxylic acids is 1. The number of unbranched alkanes of at least 4 members (excludes halogenated alkanes) is 1. The molecule has 0 aromatic heterocycles. The molecule has 2 rings (SSSR count). The molecule has 0 amide bonds. The van der Waals surface area contributed by atoms with Gasteiger partial charge in [0.05, 0.1) is 16.8 Å². The van der Waals surface area contributed by atoms with E-state index in [4.69, 9.17) is 4.74 Å². The van der Waals surface area contributed by atoms with Gasteiger partial charge in [0.15, 0.2) is 15.6 Å². The average molecular weight is 431 g/mol. The molecular formula is C19H20F3NO5S.